The van der Waals surface area contributed by atoms with E-state index in [-0.39, 0.29) is 30.4 Å². The molecule has 0 saturated carbocycles. The molecular formula is C23H26BrN3O5S. The fourth-order valence-electron chi connectivity index (χ4n) is 4.21. The fraction of sp³-hybridized carbons (Fsp3) is 0.435. The Balaban J connectivity index is 1.37. The molecule has 8 nitrogen and oxygen atoms in total. The van der Waals surface area contributed by atoms with Gasteiger partial charge in [0.1, 0.15) is 0 Å². The maximum atomic E-state index is 13.0. The number of hydrogen-bond donors (Lipinski definition) is 1. The predicted molar refractivity (Wildman–Crippen MR) is 129 cm³/mol. The van der Waals surface area contributed by atoms with Crippen molar-refractivity contribution >= 4 is 50.9 Å². The molecule has 0 radical (unpaired) electrons. The smallest absolute Gasteiger partial charge is 0.399 e. The molecule has 1 atom stereocenters. The lowest BCUT2D eigenvalue weighted by atomic mass is 10.0. The molecule has 0 bridgehead atoms. The number of rotatable bonds is 5. The van der Waals surface area contributed by atoms with E-state index >= 15 is 0 Å². The van der Waals surface area contributed by atoms with Crippen LogP contribution in [0.4, 0.5) is 10.5 Å². The van der Waals surface area contributed by atoms with Crippen LogP contribution >= 0.6 is 27.3 Å². The monoisotopic (exact) mass is 535 g/mol. The van der Waals surface area contributed by atoms with Gasteiger partial charge in [-0.25, -0.2) is 4.79 Å². The molecule has 10 heteroatoms. The van der Waals surface area contributed by atoms with Crippen LogP contribution in [-0.2, 0) is 9.53 Å². The van der Waals surface area contributed by atoms with Gasteiger partial charge in [0.25, 0.3) is 5.91 Å². The summed E-state index contributed by atoms with van der Waals surface area (Å²) in [7, 11) is 1.70. The zero-order valence-electron chi connectivity index (χ0n) is 18.5. The highest BCUT2D eigenvalue weighted by Crippen LogP contribution is 2.29. The highest BCUT2D eigenvalue weighted by molar-refractivity contribution is 9.11. The van der Waals surface area contributed by atoms with Gasteiger partial charge in [-0.1, -0.05) is 11.3 Å². The largest absolute Gasteiger partial charge is 0.413 e. The van der Waals surface area contributed by atoms with E-state index in [1.54, 1.807) is 36.3 Å². The van der Waals surface area contributed by atoms with Crippen LogP contribution in [0.5, 0.6) is 5.06 Å². The number of hydrogen-bond acceptors (Lipinski definition) is 6. The first-order valence-corrected chi connectivity index (χ1v) is 12.4. The number of amides is 3. The Morgan fingerprint density at radius 3 is 2.58 bits per heavy atom. The number of anilines is 1. The summed E-state index contributed by atoms with van der Waals surface area (Å²) in [5, 5.41) is 3.23. The molecule has 0 aliphatic carbocycles. The number of carbonyl (C=O) groups excluding carboxylic acids is 3. The van der Waals surface area contributed by atoms with E-state index in [0.717, 1.165) is 22.2 Å². The van der Waals surface area contributed by atoms with Gasteiger partial charge in [-0.15, -0.1) is 0 Å². The van der Waals surface area contributed by atoms with Gasteiger partial charge in [0.05, 0.1) is 15.9 Å². The van der Waals surface area contributed by atoms with Crippen LogP contribution in [0.2, 0.25) is 0 Å². The van der Waals surface area contributed by atoms with Crippen LogP contribution in [0, 0.1) is 6.92 Å². The Labute approximate surface area is 205 Å². The van der Waals surface area contributed by atoms with Gasteiger partial charge in [-0.05, 0) is 71.6 Å². The Bertz CT molecular complexity index is 1050. The molecule has 1 aromatic carbocycles. The number of carbonyl (C=O) groups is 3. The second kappa shape index (κ2) is 10.2. The SMILES string of the molecule is COC1CCN(C(=O)c2ccc(N3CC(NC(=O)Oc4ccc(Br)s4)CC3=O)cc2C)CC1. The molecule has 0 spiro atoms. The molecule has 176 valence electrons. The number of nitrogens with zero attached hydrogens (tertiary/aromatic N) is 2. The second-order valence-electron chi connectivity index (χ2n) is 8.22. The molecular weight excluding hydrogens is 510 g/mol. The number of likely N-dealkylation sites (tertiary alicyclic amines) is 1. The molecule has 1 aromatic heterocycles. The second-order valence-corrected chi connectivity index (χ2v) is 10.6. The first kappa shape index (κ1) is 23.7. The minimum atomic E-state index is -0.585. The lowest BCUT2D eigenvalue weighted by Crippen LogP contribution is -2.41. The standard InChI is InChI=1S/C23H26BrN3O5S/c1-14-11-16(3-4-18(14)22(29)26-9-7-17(31-2)8-10-26)27-13-15(12-20(27)28)25-23(30)32-21-6-5-19(24)33-21/h3-6,11,15,17H,7-10,12-13H2,1-2H3,(H,25,30). The van der Waals surface area contributed by atoms with Crippen molar-refractivity contribution in [2.24, 2.45) is 0 Å². The van der Waals surface area contributed by atoms with E-state index in [1.807, 2.05) is 17.9 Å². The van der Waals surface area contributed by atoms with Crippen LogP contribution in [0.3, 0.4) is 0 Å². The van der Waals surface area contributed by atoms with Gasteiger partial charge in [-0.2, -0.15) is 0 Å². The summed E-state index contributed by atoms with van der Waals surface area (Å²) in [6.07, 6.45) is 1.49. The van der Waals surface area contributed by atoms with Crippen LogP contribution < -0.4 is 15.0 Å². The minimum Gasteiger partial charge on any atom is -0.399 e. The van der Waals surface area contributed by atoms with Gasteiger partial charge in [0.15, 0.2) is 5.06 Å². The third kappa shape index (κ3) is 5.56. The first-order valence-electron chi connectivity index (χ1n) is 10.8. The van der Waals surface area contributed by atoms with Gasteiger partial charge in [0.2, 0.25) is 5.91 Å². The maximum absolute atomic E-state index is 13.0. The van der Waals surface area contributed by atoms with Gasteiger partial charge in [-0.3, -0.25) is 9.59 Å². The van der Waals surface area contributed by atoms with Gasteiger partial charge in [0, 0.05) is 44.4 Å². The Kier molecular flexibility index (Phi) is 7.35. The van der Waals surface area contributed by atoms with Crippen LogP contribution in [0.15, 0.2) is 34.1 Å². The molecule has 1 N–H and O–H groups in total. The summed E-state index contributed by atoms with van der Waals surface area (Å²) < 4.78 is 11.5. The summed E-state index contributed by atoms with van der Waals surface area (Å²) in [5.74, 6) is -0.0804. The van der Waals surface area contributed by atoms with E-state index < -0.39 is 6.09 Å². The number of benzene rings is 1. The van der Waals surface area contributed by atoms with Crippen molar-refractivity contribution in [1.29, 1.82) is 0 Å². The van der Waals surface area contributed by atoms with E-state index in [9.17, 15) is 14.4 Å². The number of nitrogens with one attached hydrogen (secondary N) is 1. The Morgan fingerprint density at radius 1 is 1.18 bits per heavy atom. The highest BCUT2D eigenvalue weighted by atomic mass is 79.9. The van der Waals surface area contributed by atoms with Crippen molar-refractivity contribution in [1.82, 2.24) is 10.2 Å². The maximum Gasteiger partial charge on any atom is 0.413 e. The highest BCUT2D eigenvalue weighted by Gasteiger charge is 2.33. The number of ether oxygens (including phenoxy) is 2. The quantitative estimate of drug-likeness (QED) is 0.625. The zero-order valence-corrected chi connectivity index (χ0v) is 20.9. The third-order valence-corrected chi connectivity index (χ3v) is 7.51. The molecule has 3 heterocycles. The number of piperidine rings is 1. The third-order valence-electron chi connectivity index (χ3n) is 6.00. The molecule has 2 aromatic rings. The molecule has 3 amide bonds. The number of halogens is 1. The number of methoxy groups -OCH3 is 1. The average molecular weight is 536 g/mol. The number of aryl methyl sites for hydroxylation is 1. The van der Waals surface area contributed by atoms with Crippen molar-refractivity contribution in [3.63, 3.8) is 0 Å². The molecule has 2 aliphatic rings. The van der Waals surface area contributed by atoms with Crippen molar-refractivity contribution in [2.45, 2.75) is 38.3 Å². The van der Waals surface area contributed by atoms with Crippen molar-refractivity contribution in [3.8, 4) is 5.06 Å². The molecule has 4 rings (SSSR count). The zero-order chi connectivity index (χ0) is 23.5. The van der Waals surface area contributed by atoms with Crippen LogP contribution in [0.25, 0.3) is 0 Å². The molecule has 2 aliphatic heterocycles. The van der Waals surface area contributed by atoms with Crippen molar-refractivity contribution in [3.05, 3.63) is 45.2 Å². The average Bonchev–Trinajstić information content (AvgIpc) is 3.37. The van der Waals surface area contributed by atoms with E-state index in [4.69, 9.17) is 9.47 Å². The normalized spacial score (nSPS) is 19.1. The van der Waals surface area contributed by atoms with Gasteiger partial charge < -0.3 is 24.6 Å². The lowest BCUT2D eigenvalue weighted by Gasteiger charge is -2.31. The first-order chi connectivity index (χ1) is 15.8. The van der Waals surface area contributed by atoms with Crippen LogP contribution in [0.1, 0.15) is 35.2 Å². The summed E-state index contributed by atoms with van der Waals surface area (Å²) in [6, 6.07) is 8.59. The van der Waals surface area contributed by atoms with Crippen LogP contribution in [-0.4, -0.2) is 61.7 Å². The van der Waals surface area contributed by atoms with Crippen molar-refractivity contribution < 1.29 is 23.9 Å². The topological polar surface area (TPSA) is 88.2 Å². The van der Waals surface area contributed by atoms with Gasteiger partial charge >= 0.3 is 6.09 Å². The van der Waals surface area contributed by atoms with E-state index in [0.29, 0.717) is 35.9 Å². The molecule has 2 fully saturated rings. The lowest BCUT2D eigenvalue weighted by molar-refractivity contribution is -0.117. The minimum absolute atomic E-state index is 0.00357. The van der Waals surface area contributed by atoms with E-state index in [2.05, 4.69) is 21.2 Å². The fourth-order valence-corrected chi connectivity index (χ4v) is 5.41. The Morgan fingerprint density at radius 2 is 1.94 bits per heavy atom. The number of thiophene rings is 1. The summed E-state index contributed by atoms with van der Waals surface area (Å²) in [6.45, 7) is 3.58. The summed E-state index contributed by atoms with van der Waals surface area (Å²) in [4.78, 5) is 41.2. The predicted octanol–water partition coefficient (Wildman–Crippen LogP) is 3.96. The summed E-state index contributed by atoms with van der Waals surface area (Å²) in [5.41, 5.74) is 2.17. The summed E-state index contributed by atoms with van der Waals surface area (Å²) >= 11 is 4.63. The molecule has 33 heavy (non-hydrogen) atoms. The Hall–Kier alpha value is -2.43. The molecule has 2 saturated heterocycles. The molecule has 1 unspecified atom stereocenters. The van der Waals surface area contributed by atoms with Crippen molar-refractivity contribution in [2.75, 3.05) is 31.6 Å². The van der Waals surface area contributed by atoms with E-state index in [1.165, 1.54) is 11.3 Å².